The number of halogens is 4. The average molecular weight is 1060 g/mol. The average Bonchev–Trinajstić information content (AvgIpc) is 4.10. The normalized spacial score (nSPS) is 11.2. The van der Waals surface area contributed by atoms with Gasteiger partial charge >= 0.3 is 17.9 Å². The van der Waals surface area contributed by atoms with Gasteiger partial charge in [0.25, 0.3) is 5.91 Å². The van der Waals surface area contributed by atoms with Gasteiger partial charge in [0.05, 0.1) is 61.3 Å². The monoisotopic (exact) mass is 1060 g/mol. The Hall–Kier alpha value is -7.16. The molecule has 3 N–H and O–H groups in total. The Morgan fingerprint density at radius 1 is 0.521 bits per heavy atom. The molecule has 0 aliphatic heterocycles. The summed E-state index contributed by atoms with van der Waals surface area (Å²) >= 11 is 27.1. The molecule has 1 amide bonds. The molecule has 0 spiro atoms. The highest BCUT2D eigenvalue weighted by atomic mass is 35.5. The van der Waals surface area contributed by atoms with E-state index in [9.17, 15) is 24.3 Å². The molecule has 354 valence electrons. The number of esters is 1. The van der Waals surface area contributed by atoms with Crippen molar-refractivity contribution in [2.45, 2.75) is 13.0 Å². The van der Waals surface area contributed by atoms with Gasteiger partial charge in [-0.3, -0.25) is 4.79 Å². The van der Waals surface area contributed by atoms with Crippen LogP contribution in [0.5, 0.6) is 0 Å². The van der Waals surface area contributed by atoms with Crippen molar-refractivity contribution < 1.29 is 34.1 Å². The van der Waals surface area contributed by atoms with Crippen molar-refractivity contribution in [1.29, 1.82) is 0 Å². The number of hydrogen-bond donors (Lipinski definition) is 3. The molecule has 2 aromatic heterocycles. The predicted octanol–water partition coefficient (Wildman–Crippen LogP) is 15.6. The first-order chi connectivity index (χ1) is 34.2. The minimum atomic E-state index is -1.05. The summed E-state index contributed by atoms with van der Waals surface area (Å²) in [6, 6.07) is 44.1. The molecule has 7 aromatic carbocycles. The van der Waals surface area contributed by atoms with Crippen LogP contribution in [-0.4, -0.2) is 51.1 Å². The number of nitrogens with zero attached hydrogens (tertiary/aromatic N) is 2. The molecule has 2 heterocycles. The number of carbonyl (C=O) groups excluding carboxylic acids is 2. The highest BCUT2D eigenvalue weighted by molar-refractivity contribution is 7.13. The van der Waals surface area contributed by atoms with Crippen LogP contribution < -0.4 is 5.32 Å². The number of ether oxygens (including phenoxy) is 1. The summed E-state index contributed by atoms with van der Waals surface area (Å²) in [5.74, 6) is -2.76. The highest BCUT2D eigenvalue weighted by Crippen LogP contribution is 2.37. The largest absolute Gasteiger partial charge is 0.478 e. The predicted molar refractivity (Wildman–Crippen MR) is 284 cm³/mol. The lowest BCUT2D eigenvalue weighted by molar-refractivity contribution is 0.0599. The van der Waals surface area contributed by atoms with Gasteiger partial charge in [0.2, 0.25) is 0 Å². The third-order valence-corrected chi connectivity index (χ3v) is 14.4. The van der Waals surface area contributed by atoms with Crippen LogP contribution in [0.15, 0.2) is 162 Å². The molecule has 1 unspecified atom stereocenters. The van der Waals surface area contributed by atoms with Crippen LogP contribution in [0, 0.1) is 0 Å². The van der Waals surface area contributed by atoms with E-state index in [4.69, 9.17) is 56.2 Å². The van der Waals surface area contributed by atoms with E-state index in [1.54, 1.807) is 84.9 Å². The fourth-order valence-electron chi connectivity index (χ4n) is 7.40. The summed E-state index contributed by atoms with van der Waals surface area (Å²) in [5.41, 5.74) is 9.36. The van der Waals surface area contributed by atoms with Crippen molar-refractivity contribution in [3.8, 4) is 65.9 Å². The van der Waals surface area contributed by atoms with Crippen LogP contribution in [0.25, 0.3) is 65.9 Å². The van der Waals surface area contributed by atoms with Gasteiger partial charge < -0.3 is 20.3 Å². The van der Waals surface area contributed by atoms with Gasteiger partial charge in [-0.15, -0.1) is 22.7 Å². The van der Waals surface area contributed by atoms with Gasteiger partial charge in [-0.1, -0.05) is 137 Å². The fourth-order valence-corrected chi connectivity index (χ4v) is 9.65. The first-order valence-electron chi connectivity index (χ1n) is 21.4. The van der Waals surface area contributed by atoms with Crippen LogP contribution in [-0.2, 0) is 4.74 Å². The van der Waals surface area contributed by atoms with Crippen molar-refractivity contribution in [2.75, 3.05) is 7.11 Å². The van der Waals surface area contributed by atoms with Crippen LogP contribution in [0.3, 0.4) is 0 Å². The van der Waals surface area contributed by atoms with Gasteiger partial charge in [-0.25, -0.2) is 24.4 Å². The second-order valence-electron chi connectivity index (χ2n) is 15.7. The number of benzene rings is 7. The zero-order valence-electron chi connectivity index (χ0n) is 37.3. The Balaban J connectivity index is 0.000000194. The Morgan fingerprint density at radius 2 is 0.972 bits per heavy atom. The maximum atomic E-state index is 12.8. The molecular weight excluding hydrogens is 1020 g/mol. The Labute approximate surface area is 435 Å². The number of rotatable bonds is 12. The third kappa shape index (κ3) is 11.7. The second kappa shape index (κ2) is 22.3. The van der Waals surface area contributed by atoms with Gasteiger partial charge in [0, 0.05) is 38.6 Å². The zero-order chi connectivity index (χ0) is 50.3. The van der Waals surface area contributed by atoms with Crippen LogP contribution in [0.2, 0.25) is 20.1 Å². The molecule has 9 aromatic rings. The summed E-state index contributed by atoms with van der Waals surface area (Å²) in [7, 11) is 1.32. The quantitative estimate of drug-likeness (QED) is 0.101. The van der Waals surface area contributed by atoms with Gasteiger partial charge in [-0.05, 0) is 95.4 Å². The van der Waals surface area contributed by atoms with E-state index in [2.05, 4.69) is 15.3 Å². The summed E-state index contributed by atoms with van der Waals surface area (Å²) < 4.78 is 4.97. The summed E-state index contributed by atoms with van der Waals surface area (Å²) in [6.45, 7) is 1.93. The third-order valence-electron chi connectivity index (χ3n) is 11.2. The van der Waals surface area contributed by atoms with Crippen molar-refractivity contribution in [3.05, 3.63) is 210 Å². The Kier molecular flexibility index (Phi) is 15.8. The topological polar surface area (TPSA) is 156 Å². The molecule has 10 nitrogen and oxygen atoms in total. The number of aromatic nitrogens is 2. The molecule has 16 heteroatoms. The number of carboxylic acids is 2. The zero-order valence-corrected chi connectivity index (χ0v) is 42.0. The second-order valence-corrected chi connectivity index (χ2v) is 19.1. The molecule has 0 fully saturated rings. The highest BCUT2D eigenvalue weighted by Gasteiger charge is 2.20. The standard InChI is InChI=1S/C31H22Cl2N2O3S.C24H15Cl2NO4S/c1-18(19-5-3-2-4-6-19)34-29(36)21-9-7-20(8-10-21)24-13-11-23(15-25(24)31(37)38)30-35-28(17-39-30)22-12-14-26(32)27(33)16-22;1-31-24(30)18-10-16(6-8-17(18)13-2-4-14(5-3-13)23(28)29)22-27-21(12-32-22)15-7-9-19(25)20(26)11-15/h2-18H,1H3,(H,34,36)(H,37,38);2-12H,1H3,(H,28,29). The minimum absolute atomic E-state index is 0.146. The van der Waals surface area contributed by atoms with Crippen LogP contribution in [0.1, 0.15) is 60.0 Å². The smallest absolute Gasteiger partial charge is 0.338 e. The molecule has 0 bridgehead atoms. The first kappa shape index (κ1) is 50.2. The van der Waals surface area contributed by atoms with Gasteiger partial charge in [-0.2, -0.15) is 0 Å². The van der Waals surface area contributed by atoms with E-state index in [1.807, 2.05) is 72.3 Å². The lowest BCUT2D eigenvalue weighted by Gasteiger charge is -2.14. The number of carboxylic acid groups (broad SMARTS) is 2. The molecule has 1 atom stereocenters. The SMILES string of the molecule is CC(NC(=O)c1ccc(-c2ccc(-c3nc(-c4ccc(Cl)c(Cl)c4)cs3)cc2C(=O)O)cc1)c1ccccc1.COC(=O)c1cc(-c2nc(-c3ccc(Cl)c(Cl)c3)cs2)ccc1-c1ccc(C(=O)O)cc1. The molecule has 0 aliphatic carbocycles. The Bertz CT molecular complexity index is 3450. The number of methoxy groups -OCH3 is 1. The molecule has 0 saturated carbocycles. The summed E-state index contributed by atoms with van der Waals surface area (Å²) in [6.07, 6.45) is 0. The van der Waals surface area contributed by atoms with E-state index in [1.165, 1.54) is 41.9 Å². The molecular formula is C55H37Cl4N3O7S2. The number of nitrogens with one attached hydrogen (secondary N) is 1. The molecule has 0 saturated heterocycles. The van der Waals surface area contributed by atoms with Gasteiger partial charge in [0.15, 0.2) is 0 Å². The van der Waals surface area contributed by atoms with Gasteiger partial charge in [0.1, 0.15) is 10.0 Å². The van der Waals surface area contributed by atoms with E-state index >= 15 is 0 Å². The van der Waals surface area contributed by atoms with E-state index in [-0.39, 0.29) is 23.1 Å². The van der Waals surface area contributed by atoms with E-state index in [0.717, 1.165) is 38.6 Å². The van der Waals surface area contributed by atoms with Crippen molar-refractivity contribution >= 4 is 92.9 Å². The number of thiazole rings is 2. The number of amides is 1. The fraction of sp³-hybridized carbons (Fsp3) is 0.0545. The van der Waals surface area contributed by atoms with Crippen molar-refractivity contribution in [1.82, 2.24) is 15.3 Å². The first-order valence-corrected chi connectivity index (χ1v) is 24.7. The number of carbonyl (C=O) groups is 4. The van der Waals surface area contributed by atoms with E-state index < -0.39 is 17.9 Å². The lowest BCUT2D eigenvalue weighted by atomic mass is 9.96. The van der Waals surface area contributed by atoms with E-state index in [0.29, 0.717) is 64.0 Å². The van der Waals surface area contributed by atoms with Crippen LogP contribution in [0.4, 0.5) is 0 Å². The molecule has 0 radical (unpaired) electrons. The lowest BCUT2D eigenvalue weighted by Crippen LogP contribution is -2.26. The summed E-state index contributed by atoms with van der Waals surface area (Å²) in [5, 5.41) is 29.1. The molecule has 0 aliphatic rings. The Morgan fingerprint density at radius 3 is 1.44 bits per heavy atom. The minimum Gasteiger partial charge on any atom is -0.478 e. The van der Waals surface area contributed by atoms with Crippen LogP contribution >= 0.6 is 69.1 Å². The molecule has 9 rings (SSSR count). The number of aromatic carboxylic acids is 2. The van der Waals surface area contributed by atoms with Crippen molar-refractivity contribution in [3.63, 3.8) is 0 Å². The maximum absolute atomic E-state index is 12.8. The maximum Gasteiger partial charge on any atom is 0.338 e. The molecule has 71 heavy (non-hydrogen) atoms. The van der Waals surface area contributed by atoms with Crippen molar-refractivity contribution in [2.24, 2.45) is 0 Å². The summed E-state index contributed by atoms with van der Waals surface area (Å²) in [4.78, 5) is 57.9. The number of hydrogen-bond acceptors (Lipinski definition) is 9.